The number of benzene rings is 1. The molecule has 3 saturated carbocycles. The van der Waals surface area contributed by atoms with Crippen LogP contribution in [0.3, 0.4) is 0 Å². The van der Waals surface area contributed by atoms with Gasteiger partial charge in [-0.1, -0.05) is 20.8 Å². The molecule has 0 radical (unpaired) electrons. The van der Waals surface area contributed by atoms with Gasteiger partial charge in [-0.05, 0) is 73.3 Å². The highest BCUT2D eigenvalue weighted by molar-refractivity contribution is 6.06. The second kappa shape index (κ2) is 7.95. The van der Waals surface area contributed by atoms with Crippen molar-refractivity contribution in [3.05, 3.63) is 29.1 Å². The zero-order valence-electron chi connectivity index (χ0n) is 19.9. The topological polar surface area (TPSA) is 93.1 Å². The Morgan fingerprint density at radius 3 is 2.62 bits per heavy atom. The number of rotatable bonds is 6. The van der Waals surface area contributed by atoms with E-state index >= 15 is 4.39 Å². The van der Waals surface area contributed by atoms with Crippen molar-refractivity contribution in [1.82, 2.24) is 4.90 Å². The Kier molecular flexibility index (Phi) is 5.41. The first-order chi connectivity index (χ1) is 16.0. The van der Waals surface area contributed by atoms with Gasteiger partial charge in [-0.15, -0.1) is 0 Å². The summed E-state index contributed by atoms with van der Waals surface area (Å²) in [6.07, 6.45) is 5.41. The summed E-state index contributed by atoms with van der Waals surface area (Å²) in [6.45, 7) is 6.96. The Hall–Kier alpha value is -2.64. The standard InChI is InChI=1S/C26H32FNO6/c1-14-8-25(2,10-16-11-26(16,3)9-14)13-34-21-7-19(27)18(6-17(21)15-4-5-15)22(29)28-20(23(30)31)12-33-24(28)32/h6-7,14-16,20H,4-5,8-13H2,1-3H3,(H,30,31)/t14?,16?,20-,25?,26?/m0/s1. The van der Waals surface area contributed by atoms with Crippen molar-refractivity contribution >= 4 is 18.0 Å². The van der Waals surface area contributed by atoms with Crippen LogP contribution in [0.15, 0.2) is 12.1 Å². The lowest BCUT2D eigenvalue weighted by Gasteiger charge is -2.31. The van der Waals surface area contributed by atoms with Crippen LogP contribution < -0.4 is 4.74 Å². The van der Waals surface area contributed by atoms with Gasteiger partial charge < -0.3 is 14.6 Å². The maximum atomic E-state index is 15.2. The monoisotopic (exact) mass is 473 g/mol. The third-order valence-corrected chi connectivity index (χ3v) is 8.23. The number of aliphatic carboxylic acids is 1. The molecule has 4 fully saturated rings. The van der Waals surface area contributed by atoms with Crippen molar-refractivity contribution in [2.45, 2.75) is 71.3 Å². The largest absolute Gasteiger partial charge is 0.493 e. The van der Waals surface area contributed by atoms with Crippen molar-refractivity contribution < 1.29 is 33.4 Å². The van der Waals surface area contributed by atoms with E-state index in [9.17, 15) is 19.5 Å². The van der Waals surface area contributed by atoms with E-state index in [0.29, 0.717) is 34.5 Å². The van der Waals surface area contributed by atoms with E-state index in [1.165, 1.54) is 25.0 Å². The van der Waals surface area contributed by atoms with Crippen molar-refractivity contribution in [2.24, 2.45) is 22.7 Å². The van der Waals surface area contributed by atoms with E-state index in [1.807, 2.05) is 0 Å². The molecule has 184 valence electrons. The number of nitrogens with zero attached hydrogens (tertiary/aromatic N) is 1. The average Bonchev–Trinajstić information content (AvgIpc) is 3.64. The maximum absolute atomic E-state index is 15.2. The highest BCUT2D eigenvalue weighted by Gasteiger charge is 2.55. The zero-order valence-corrected chi connectivity index (χ0v) is 19.9. The molecule has 5 atom stereocenters. The molecule has 1 saturated heterocycles. The lowest BCUT2D eigenvalue weighted by atomic mass is 9.79. The van der Waals surface area contributed by atoms with Gasteiger partial charge in [0.1, 0.15) is 18.2 Å². The number of hydrogen-bond donors (Lipinski definition) is 1. The van der Waals surface area contributed by atoms with Crippen LogP contribution in [0.1, 0.15) is 81.1 Å². The molecule has 1 aliphatic heterocycles. The van der Waals surface area contributed by atoms with Gasteiger partial charge in [-0.3, -0.25) is 4.79 Å². The Bertz CT molecular complexity index is 1050. The minimum atomic E-state index is -1.47. The average molecular weight is 474 g/mol. The number of cyclic esters (lactones) is 1. The predicted octanol–water partition coefficient (Wildman–Crippen LogP) is 4.98. The van der Waals surface area contributed by atoms with Gasteiger partial charge in [0, 0.05) is 11.5 Å². The number of fused-ring (bicyclic) bond motifs is 1. The lowest BCUT2D eigenvalue weighted by Crippen LogP contribution is -2.43. The van der Waals surface area contributed by atoms with Crippen LogP contribution in [0.25, 0.3) is 0 Å². The number of halogens is 1. The first-order valence-corrected chi connectivity index (χ1v) is 12.2. The van der Waals surface area contributed by atoms with E-state index < -0.39 is 36.4 Å². The molecule has 3 aliphatic carbocycles. The van der Waals surface area contributed by atoms with E-state index in [-0.39, 0.29) is 16.9 Å². The molecule has 0 spiro atoms. The summed E-state index contributed by atoms with van der Waals surface area (Å²) < 4.78 is 26.1. The van der Waals surface area contributed by atoms with Crippen molar-refractivity contribution in [3.8, 4) is 5.75 Å². The summed E-state index contributed by atoms with van der Waals surface area (Å²) in [5, 5.41) is 9.32. The lowest BCUT2D eigenvalue weighted by molar-refractivity contribution is -0.140. The fraction of sp³-hybridized carbons (Fsp3) is 0.654. The third kappa shape index (κ3) is 4.16. The second-order valence-electron chi connectivity index (χ2n) is 11.6. The van der Waals surface area contributed by atoms with E-state index in [2.05, 4.69) is 20.8 Å². The fourth-order valence-corrected chi connectivity index (χ4v) is 6.36. The van der Waals surface area contributed by atoms with Crippen molar-refractivity contribution in [2.75, 3.05) is 13.2 Å². The second-order valence-corrected chi connectivity index (χ2v) is 11.6. The minimum absolute atomic E-state index is 0.00184. The van der Waals surface area contributed by atoms with Crippen molar-refractivity contribution in [3.63, 3.8) is 0 Å². The number of amides is 2. The highest BCUT2D eigenvalue weighted by atomic mass is 19.1. The van der Waals surface area contributed by atoms with Gasteiger partial charge in [-0.25, -0.2) is 18.9 Å². The molecule has 4 aliphatic rings. The molecule has 1 aromatic rings. The smallest absolute Gasteiger partial charge is 0.417 e. The van der Waals surface area contributed by atoms with Gasteiger partial charge in [0.05, 0.1) is 12.2 Å². The molecular formula is C26H32FNO6. The van der Waals surface area contributed by atoms with Gasteiger partial charge in [0.25, 0.3) is 5.91 Å². The number of imide groups is 1. The van der Waals surface area contributed by atoms with Gasteiger partial charge in [0.2, 0.25) is 0 Å². The molecule has 7 nitrogen and oxygen atoms in total. The van der Waals surface area contributed by atoms with Crippen LogP contribution in [0, 0.1) is 28.5 Å². The molecule has 0 aromatic heterocycles. The summed E-state index contributed by atoms with van der Waals surface area (Å²) in [5.74, 6) is -1.29. The van der Waals surface area contributed by atoms with Gasteiger partial charge in [0.15, 0.2) is 6.04 Å². The number of hydrogen-bond acceptors (Lipinski definition) is 5. The summed E-state index contributed by atoms with van der Waals surface area (Å²) in [4.78, 5) is 36.9. The normalized spacial score (nSPS) is 34.8. The number of ether oxygens (including phenoxy) is 2. The van der Waals surface area contributed by atoms with Crippen LogP contribution in [0.2, 0.25) is 0 Å². The van der Waals surface area contributed by atoms with E-state index in [4.69, 9.17) is 9.47 Å². The maximum Gasteiger partial charge on any atom is 0.417 e. The molecule has 1 aromatic carbocycles. The van der Waals surface area contributed by atoms with Crippen LogP contribution in [-0.4, -0.2) is 47.2 Å². The molecule has 8 heteroatoms. The summed E-state index contributed by atoms with van der Waals surface area (Å²) >= 11 is 0. The molecule has 0 bridgehead atoms. The first-order valence-electron chi connectivity index (χ1n) is 12.2. The summed E-state index contributed by atoms with van der Waals surface area (Å²) in [6, 6.07) is 1.19. The quantitative estimate of drug-likeness (QED) is 0.626. The molecule has 2 amide bonds. The van der Waals surface area contributed by atoms with Gasteiger partial charge in [-0.2, -0.15) is 0 Å². The Morgan fingerprint density at radius 2 is 1.94 bits per heavy atom. The summed E-state index contributed by atoms with van der Waals surface area (Å²) in [7, 11) is 0. The van der Waals surface area contributed by atoms with Crippen LogP contribution in [-0.2, 0) is 9.53 Å². The third-order valence-electron chi connectivity index (χ3n) is 8.23. The fourth-order valence-electron chi connectivity index (χ4n) is 6.36. The zero-order chi connectivity index (χ0) is 24.4. The number of carbonyl (C=O) groups is 3. The Labute approximate surface area is 198 Å². The van der Waals surface area contributed by atoms with Gasteiger partial charge >= 0.3 is 12.1 Å². The molecule has 4 unspecified atom stereocenters. The first kappa shape index (κ1) is 23.1. The molecule has 1 N–H and O–H groups in total. The number of carbonyl (C=O) groups excluding carboxylic acids is 2. The van der Waals surface area contributed by atoms with Crippen LogP contribution in [0.4, 0.5) is 9.18 Å². The highest BCUT2D eigenvalue weighted by Crippen LogP contribution is 2.64. The SMILES string of the molecule is CC1CC(C)(COc2cc(F)c(C(=O)N3C(=O)OC[C@H]3C(=O)O)cc2C2CC2)CC2CC2(C)C1. The molecule has 1 heterocycles. The Morgan fingerprint density at radius 1 is 1.21 bits per heavy atom. The number of carboxylic acids is 1. The molecular weight excluding hydrogens is 441 g/mol. The van der Waals surface area contributed by atoms with E-state index in [0.717, 1.165) is 31.2 Å². The van der Waals surface area contributed by atoms with Crippen molar-refractivity contribution in [1.29, 1.82) is 0 Å². The summed E-state index contributed by atoms with van der Waals surface area (Å²) in [5.41, 5.74) is 0.862. The Balaban J connectivity index is 1.38. The molecule has 5 rings (SSSR count). The number of carboxylic acid groups (broad SMARTS) is 1. The molecule has 34 heavy (non-hydrogen) atoms. The minimum Gasteiger partial charge on any atom is -0.493 e. The van der Waals surface area contributed by atoms with E-state index in [1.54, 1.807) is 0 Å². The van der Waals surface area contributed by atoms with Crippen LogP contribution >= 0.6 is 0 Å². The predicted molar refractivity (Wildman–Crippen MR) is 120 cm³/mol. The van der Waals surface area contributed by atoms with Crippen LogP contribution in [0.5, 0.6) is 5.75 Å².